The second-order valence-corrected chi connectivity index (χ2v) is 7.47. The molecule has 1 amide bonds. The minimum absolute atomic E-state index is 0.0436. The van der Waals surface area contributed by atoms with E-state index in [2.05, 4.69) is 27.7 Å². The molecule has 2 rings (SSSR count). The summed E-state index contributed by atoms with van der Waals surface area (Å²) in [6.45, 7) is 12.5. The van der Waals surface area contributed by atoms with E-state index in [9.17, 15) is 4.79 Å². The number of morpholine rings is 1. The van der Waals surface area contributed by atoms with Crippen LogP contribution in [0.4, 0.5) is 0 Å². The number of hydrogen-bond donors (Lipinski definition) is 0. The standard InChI is InChI=1S/C17H31NO3/c1-13(2)15(14-5-8-21-17(3,4)12-14)11-16(19)18-6-9-20-10-7-18/h13-15H,5-12H2,1-4H3/t14-,15+/m1/s1. The molecule has 2 saturated heterocycles. The van der Waals surface area contributed by atoms with Crippen molar-refractivity contribution in [2.45, 2.75) is 52.6 Å². The largest absolute Gasteiger partial charge is 0.378 e. The van der Waals surface area contributed by atoms with E-state index in [1.54, 1.807) is 0 Å². The highest BCUT2D eigenvalue weighted by molar-refractivity contribution is 5.76. The number of rotatable bonds is 4. The highest BCUT2D eigenvalue weighted by Gasteiger charge is 2.36. The van der Waals surface area contributed by atoms with Gasteiger partial charge in [-0.05, 0) is 44.4 Å². The van der Waals surface area contributed by atoms with E-state index in [1.165, 1.54) is 0 Å². The zero-order chi connectivity index (χ0) is 15.5. The van der Waals surface area contributed by atoms with E-state index < -0.39 is 0 Å². The molecular formula is C17H31NO3. The maximum atomic E-state index is 12.6. The maximum absolute atomic E-state index is 12.6. The fourth-order valence-corrected chi connectivity index (χ4v) is 3.73. The van der Waals surface area contributed by atoms with E-state index in [0.29, 0.717) is 43.3 Å². The van der Waals surface area contributed by atoms with Gasteiger partial charge in [0.2, 0.25) is 5.91 Å². The summed E-state index contributed by atoms with van der Waals surface area (Å²) in [6, 6.07) is 0. The second-order valence-electron chi connectivity index (χ2n) is 7.47. The first-order valence-corrected chi connectivity index (χ1v) is 8.38. The van der Waals surface area contributed by atoms with Crippen LogP contribution in [0.5, 0.6) is 0 Å². The molecule has 0 aromatic heterocycles. The third-order valence-corrected chi connectivity index (χ3v) is 4.97. The van der Waals surface area contributed by atoms with Crippen molar-refractivity contribution in [3.8, 4) is 0 Å². The summed E-state index contributed by atoms with van der Waals surface area (Å²) < 4.78 is 11.2. The average molecular weight is 297 g/mol. The van der Waals surface area contributed by atoms with Crippen LogP contribution in [-0.4, -0.2) is 49.3 Å². The quantitative estimate of drug-likeness (QED) is 0.801. The fourth-order valence-electron chi connectivity index (χ4n) is 3.73. The van der Waals surface area contributed by atoms with Crippen molar-refractivity contribution in [1.82, 2.24) is 4.90 Å². The molecule has 0 bridgehead atoms. The molecule has 0 aliphatic carbocycles. The van der Waals surface area contributed by atoms with Gasteiger partial charge >= 0.3 is 0 Å². The molecule has 0 unspecified atom stereocenters. The van der Waals surface area contributed by atoms with Gasteiger partial charge in [0.05, 0.1) is 18.8 Å². The summed E-state index contributed by atoms with van der Waals surface area (Å²) in [6.07, 6.45) is 2.83. The fraction of sp³-hybridized carbons (Fsp3) is 0.941. The van der Waals surface area contributed by atoms with Gasteiger partial charge < -0.3 is 14.4 Å². The molecule has 0 radical (unpaired) electrons. The van der Waals surface area contributed by atoms with E-state index in [4.69, 9.17) is 9.47 Å². The average Bonchev–Trinajstić information content (AvgIpc) is 2.44. The zero-order valence-corrected chi connectivity index (χ0v) is 14.1. The van der Waals surface area contributed by atoms with E-state index in [0.717, 1.165) is 32.5 Å². The summed E-state index contributed by atoms with van der Waals surface area (Å²) >= 11 is 0. The minimum atomic E-state index is -0.0436. The van der Waals surface area contributed by atoms with Gasteiger partial charge in [-0.1, -0.05) is 13.8 Å². The molecular weight excluding hydrogens is 266 g/mol. The lowest BCUT2D eigenvalue weighted by atomic mass is 9.73. The molecule has 2 aliphatic rings. The second kappa shape index (κ2) is 7.10. The number of nitrogens with zero attached hydrogens (tertiary/aromatic N) is 1. The van der Waals surface area contributed by atoms with Crippen LogP contribution in [0.3, 0.4) is 0 Å². The topological polar surface area (TPSA) is 38.8 Å². The Morgan fingerprint density at radius 1 is 1.24 bits per heavy atom. The lowest BCUT2D eigenvalue weighted by molar-refractivity contribution is -0.139. The highest BCUT2D eigenvalue weighted by atomic mass is 16.5. The van der Waals surface area contributed by atoms with Crippen LogP contribution in [0.15, 0.2) is 0 Å². The van der Waals surface area contributed by atoms with E-state index in [-0.39, 0.29) is 5.60 Å². The molecule has 0 aromatic rings. The number of ether oxygens (including phenoxy) is 2. The number of carbonyl (C=O) groups excluding carboxylic acids is 1. The van der Waals surface area contributed by atoms with Crippen molar-refractivity contribution in [3.63, 3.8) is 0 Å². The Kier molecular flexibility index (Phi) is 5.67. The first kappa shape index (κ1) is 16.8. The number of hydrogen-bond acceptors (Lipinski definition) is 3. The Morgan fingerprint density at radius 3 is 2.48 bits per heavy atom. The van der Waals surface area contributed by atoms with E-state index >= 15 is 0 Å². The van der Waals surface area contributed by atoms with Crippen LogP contribution < -0.4 is 0 Å². The van der Waals surface area contributed by atoms with Crippen LogP contribution in [0.25, 0.3) is 0 Å². The summed E-state index contributed by atoms with van der Waals surface area (Å²) in [7, 11) is 0. The smallest absolute Gasteiger partial charge is 0.223 e. The highest BCUT2D eigenvalue weighted by Crippen LogP contribution is 2.38. The third-order valence-electron chi connectivity index (χ3n) is 4.97. The van der Waals surface area contributed by atoms with Gasteiger partial charge in [-0.25, -0.2) is 0 Å². The first-order valence-electron chi connectivity index (χ1n) is 8.38. The summed E-state index contributed by atoms with van der Waals surface area (Å²) in [5.74, 6) is 1.90. The predicted octanol–water partition coefficient (Wildman–Crippen LogP) is 2.71. The predicted molar refractivity (Wildman–Crippen MR) is 83.1 cm³/mol. The molecule has 2 heterocycles. The zero-order valence-electron chi connectivity index (χ0n) is 14.1. The normalized spacial score (nSPS) is 27.7. The summed E-state index contributed by atoms with van der Waals surface area (Å²) in [5, 5.41) is 0. The Bertz CT molecular complexity index is 348. The lowest BCUT2D eigenvalue weighted by Gasteiger charge is -2.41. The number of amides is 1. The monoisotopic (exact) mass is 297 g/mol. The molecule has 21 heavy (non-hydrogen) atoms. The van der Waals surface area contributed by atoms with Crippen molar-refractivity contribution in [2.24, 2.45) is 17.8 Å². The van der Waals surface area contributed by atoms with Crippen molar-refractivity contribution in [1.29, 1.82) is 0 Å². The van der Waals surface area contributed by atoms with Crippen molar-refractivity contribution >= 4 is 5.91 Å². The molecule has 0 saturated carbocycles. The molecule has 122 valence electrons. The maximum Gasteiger partial charge on any atom is 0.223 e. The van der Waals surface area contributed by atoms with Gasteiger partial charge in [-0.2, -0.15) is 0 Å². The molecule has 0 aromatic carbocycles. The van der Waals surface area contributed by atoms with E-state index in [1.807, 2.05) is 4.90 Å². The molecule has 4 nitrogen and oxygen atoms in total. The van der Waals surface area contributed by atoms with Gasteiger partial charge in [0.15, 0.2) is 0 Å². The Hall–Kier alpha value is -0.610. The van der Waals surface area contributed by atoms with Crippen LogP contribution >= 0.6 is 0 Å². The summed E-state index contributed by atoms with van der Waals surface area (Å²) in [5.41, 5.74) is -0.0436. The molecule has 2 fully saturated rings. The van der Waals surface area contributed by atoms with Gasteiger partial charge in [0.25, 0.3) is 0 Å². The third kappa shape index (κ3) is 4.68. The number of carbonyl (C=O) groups is 1. The molecule has 0 spiro atoms. The van der Waals surface area contributed by atoms with Crippen LogP contribution in [0.2, 0.25) is 0 Å². The Labute approximate surface area is 129 Å². The molecule has 4 heteroatoms. The van der Waals surface area contributed by atoms with Gasteiger partial charge in [0.1, 0.15) is 0 Å². The SMILES string of the molecule is CC(C)[C@H](CC(=O)N1CCOCC1)[C@@H]1CCOC(C)(C)C1. The Balaban J connectivity index is 1.96. The van der Waals surface area contributed by atoms with Crippen molar-refractivity contribution in [2.75, 3.05) is 32.9 Å². The molecule has 2 atom stereocenters. The summed E-state index contributed by atoms with van der Waals surface area (Å²) in [4.78, 5) is 14.5. The Morgan fingerprint density at radius 2 is 1.90 bits per heavy atom. The molecule has 0 N–H and O–H groups in total. The molecule has 2 aliphatic heterocycles. The van der Waals surface area contributed by atoms with Gasteiger partial charge in [0, 0.05) is 26.1 Å². The lowest BCUT2D eigenvalue weighted by Crippen LogP contribution is -2.43. The minimum Gasteiger partial charge on any atom is -0.378 e. The van der Waals surface area contributed by atoms with Crippen LogP contribution in [0.1, 0.15) is 47.0 Å². The van der Waals surface area contributed by atoms with Gasteiger partial charge in [-0.3, -0.25) is 4.79 Å². The van der Waals surface area contributed by atoms with Crippen molar-refractivity contribution in [3.05, 3.63) is 0 Å². The van der Waals surface area contributed by atoms with Crippen LogP contribution in [-0.2, 0) is 14.3 Å². The van der Waals surface area contributed by atoms with Crippen LogP contribution in [0, 0.1) is 17.8 Å². The van der Waals surface area contributed by atoms with Gasteiger partial charge in [-0.15, -0.1) is 0 Å². The first-order chi connectivity index (χ1) is 9.89. The van der Waals surface area contributed by atoms with Crippen molar-refractivity contribution < 1.29 is 14.3 Å².